The van der Waals surface area contributed by atoms with Gasteiger partial charge < -0.3 is 4.57 Å². The Morgan fingerprint density at radius 3 is 2.23 bits per heavy atom. The molecule has 0 fully saturated rings. The number of nitrogens with zero attached hydrogens (tertiary/aromatic N) is 1. The van der Waals surface area contributed by atoms with Crippen molar-refractivity contribution in [2.45, 2.75) is 31.0 Å². The van der Waals surface area contributed by atoms with Crippen molar-refractivity contribution in [1.29, 1.82) is 0 Å². The molecular weight excluding hydrogens is 334 g/mol. The molecule has 0 aliphatic carbocycles. The highest BCUT2D eigenvalue weighted by molar-refractivity contribution is 7.98. The van der Waals surface area contributed by atoms with E-state index >= 15 is 0 Å². The summed E-state index contributed by atoms with van der Waals surface area (Å²) in [5.41, 5.74) is 6.67. The lowest BCUT2D eigenvalue weighted by molar-refractivity contribution is 0.829. The van der Waals surface area contributed by atoms with Gasteiger partial charge in [0.2, 0.25) is 0 Å². The predicted octanol–water partition coefficient (Wildman–Crippen LogP) is 6.60. The Labute approximate surface area is 159 Å². The van der Waals surface area contributed by atoms with Crippen LogP contribution in [0.1, 0.15) is 22.3 Å². The number of benzene rings is 3. The molecule has 0 unspecified atom stereocenters. The highest BCUT2D eigenvalue weighted by atomic mass is 32.2. The van der Waals surface area contributed by atoms with Crippen LogP contribution in [0.15, 0.2) is 83.9 Å². The molecule has 4 aromatic rings. The third-order valence-corrected chi connectivity index (χ3v) is 5.78. The Balaban J connectivity index is 1.63. The first kappa shape index (κ1) is 17.0. The number of hydrogen-bond acceptors (Lipinski definition) is 1. The van der Waals surface area contributed by atoms with E-state index in [0.717, 1.165) is 12.3 Å². The third-order valence-electron chi connectivity index (χ3n) is 4.66. The van der Waals surface area contributed by atoms with E-state index in [1.165, 1.54) is 38.1 Å². The van der Waals surface area contributed by atoms with Crippen molar-refractivity contribution in [3.8, 4) is 0 Å². The molecule has 130 valence electrons. The molecule has 26 heavy (non-hydrogen) atoms. The minimum Gasteiger partial charge on any atom is -0.342 e. The molecule has 3 aromatic carbocycles. The Morgan fingerprint density at radius 1 is 0.769 bits per heavy atom. The lowest BCUT2D eigenvalue weighted by Crippen LogP contribution is -1.97. The monoisotopic (exact) mass is 357 g/mol. The fraction of sp³-hybridized carbons (Fsp3) is 0.167. The SMILES string of the molecule is Cc1cccc(CSc2cn(Cc3cccc(C)c3)c3ccccc23)c1. The predicted molar refractivity (Wildman–Crippen MR) is 113 cm³/mol. The van der Waals surface area contributed by atoms with Crippen LogP contribution in [-0.4, -0.2) is 4.57 Å². The maximum atomic E-state index is 2.38. The van der Waals surface area contributed by atoms with Crippen molar-refractivity contribution in [3.63, 3.8) is 0 Å². The molecule has 0 aliphatic rings. The van der Waals surface area contributed by atoms with E-state index in [1.54, 1.807) is 0 Å². The van der Waals surface area contributed by atoms with Crippen molar-refractivity contribution < 1.29 is 0 Å². The van der Waals surface area contributed by atoms with Gasteiger partial charge in [-0.15, -0.1) is 11.8 Å². The molecule has 0 radical (unpaired) electrons. The van der Waals surface area contributed by atoms with Crippen LogP contribution >= 0.6 is 11.8 Å². The quantitative estimate of drug-likeness (QED) is 0.364. The van der Waals surface area contributed by atoms with Gasteiger partial charge in [-0.2, -0.15) is 0 Å². The molecule has 0 saturated heterocycles. The molecule has 0 atom stereocenters. The molecule has 0 aliphatic heterocycles. The molecule has 4 rings (SSSR count). The van der Waals surface area contributed by atoms with Crippen molar-refractivity contribution >= 4 is 22.7 Å². The van der Waals surface area contributed by atoms with Gasteiger partial charge >= 0.3 is 0 Å². The maximum absolute atomic E-state index is 2.38. The standard InChI is InChI=1S/C24H23NS/c1-18-7-5-9-20(13-18)15-25-16-24(22-11-3-4-12-23(22)25)26-17-21-10-6-8-19(2)14-21/h3-14,16H,15,17H2,1-2H3. The van der Waals surface area contributed by atoms with Gasteiger partial charge in [-0.05, 0) is 31.0 Å². The molecular formula is C24H23NS. The number of rotatable bonds is 5. The second kappa shape index (κ2) is 7.43. The van der Waals surface area contributed by atoms with Gasteiger partial charge in [-0.1, -0.05) is 77.9 Å². The Morgan fingerprint density at radius 2 is 1.46 bits per heavy atom. The average molecular weight is 358 g/mol. The van der Waals surface area contributed by atoms with E-state index in [0.29, 0.717) is 0 Å². The number of aryl methyl sites for hydroxylation is 2. The van der Waals surface area contributed by atoms with Crippen molar-refractivity contribution in [2.75, 3.05) is 0 Å². The largest absolute Gasteiger partial charge is 0.342 e. The number of fused-ring (bicyclic) bond motifs is 1. The average Bonchev–Trinajstić information content (AvgIpc) is 2.98. The van der Waals surface area contributed by atoms with Gasteiger partial charge in [0.05, 0.1) is 0 Å². The van der Waals surface area contributed by atoms with Crippen LogP contribution in [0.3, 0.4) is 0 Å². The zero-order valence-electron chi connectivity index (χ0n) is 15.3. The summed E-state index contributed by atoms with van der Waals surface area (Å²) < 4.78 is 2.38. The summed E-state index contributed by atoms with van der Waals surface area (Å²) in [6, 6.07) is 26.3. The highest BCUT2D eigenvalue weighted by Gasteiger charge is 2.09. The fourth-order valence-corrected chi connectivity index (χ4v) is 4.46. The second-order valence-corrected chi connectivity index (χ2v) is 7.92. The number of thioether (sulfide) groups is 1. The van der Waals surface area contributed by atoms with Crippen LogP contribution in [0.5, 0.6) is 0 Å². The summed E-state index contributed by atoms with van der Waals surface area (Å²) >= 11 is 1.93. The Kier molecular flexibility index (Phi) is 4.85. The lowest BCUT2D eigenvalue weighted by Gasteiger charge is -2.06. The van der Waals surface area contributed by atoms with E-state index < -0.39 is 0 Å². The highest BCUT2D eigenvalue weighted by Crippen LogP contribution is 2.32. The van der Waals surface area contributed by atoms with Crippen LogP contribution in [0, 0.1) is 13.8 Å². The first-order valence-electron chi connectivity index (χ1n) is 9.01. The zero-order chi connectivity index (χ0) is 17.9. The van der Waals surface area contributed by atoms with Crippen molar-refractivity contribution in [3.05, 3.63) is 101 Å². The summed E-state index contributed by atoms with van der Waals surface area (Å²) in [6.45, 7) is 5.22. The molecule has 1 aromatic heterocycles. The smallest absolute Gasteiger partial charge is 0.0495 e. The number of aromatic nitrogens is 1. The molecule has 0 N–H and O–H groups in total. The van der Waals surface area contributed by atoms with Crippen LogP contribution in [0.4, 0.5) is 0 Å². The van der Waals surface area contributed by atoms with E-state index in [4.69, 9.17) is 0 Å². The van der Waals surface area contributed by atoms with Gasteiger partial charge in [-0.25, -0.2) is 0 Å². The van der Waals surface area contributed by atoms with Gasteiger partial charge in [-0.3, -0.25) is 0 Å². The van der Waals surface area contributed by atoms with Crippen molar-refractivity contribution in [1.82, 2.24) is 4.57 Å². The maximum Gasteiger partial charge on any atom is 0.0495 e. The summed E-state index contributed by atoms with van der Waals surface area (Å²) in [4.78, 5) is 1.36. The fourth-order valence-electron chi connectivity index (χ4n) is 3.43. The molecule has 0 spiro atoms. The van der Waals surface area contributed by atoms with Gasteiger partial charge in [0.15, 0.2) is 0 Å². The molecule has 0 bridgehead atoms. The molecule has 1 nitrogen and oxygen atoms in total. The normalized spacial score (nSPS) is 11.2. The van der Waals surface area contributed by atoms with E-state index in [1.807, 2.05) is 11.8 Å². The summed E-state index contributed by atoms with van der Waals surface area (Å²) in [5.74, 6) is 1.00. The van der Waals surface area contributed by atoms with Crippen LogP contribution in [0.2, 0.25) is 0 Å². The Hall–Kier alpha value is -2.45. The first-order valence-corrected chi connectivity index (χ1v) is 9.99. The minimum absolute atomic E-state index is 0.910. The van der Waals surface area contributed by atoms with Crippen LogP contribution < -0.4 is 0 Å². The molecule has 0 amide bonds. The van der Waals surface area contributed by atoms with E-state index in [2.05, 4.69) is 97.4 Å². The van der Waals surface area contributed by atoms with Crippen LogP contribution in [-0.2, 0) is 12.3 Å². The zero-order valence-corrected chi connectivity index (χ0v) is 16.1. The van der Waals surface area contributed by atoms with Crippen molar-refractivity contribution in [2.24, 2.45) is 0 Å². The topological polar surface area (TPSA) is 4.93 Å². The Bertz CT molecular complexity index is 1040. The summed E-state index contributed by atoms with van der Waals surface area (Å²) in [6.07, 6.45) is 2.31. The minimum atomic E-state index is 0.910. The third kappa shape index (κ3) is 3.71. The van der Waals surface area contributed by atoms with Gasteiger partial charge in [0.1, 0.15) is 0 Å². The van der Waals surface area contributed by atoms with E-state index in [-0.39, 0.29) is 0 Å². The summed E-state index contributed by atoms with van der Waals surface area (Å²) in [7, 11) is 0. The first-order chi connectivity index (χ1) is 12.7. The molecule has 1 heterocycles. The van der Waals surface area contributed by atoms with E-state index in [9.17, 15) is 0 Å². The molecule has 0 saturated carbocycles. The number of hydrogen-bond donors (Lipinski definition) is 0. The molecule has 2 heteroatoms. The summed E-state index contributed by atoms with van der Waals surface area (Å²) in [5, 5.41) is 1.35. The second-order valence-electron chi connectivity index (χ2n) is 6.91. The van der Waals surface area contributed by atoms with Crippen LogP contribution in [0.25, 0.3) is 10.9 Å². The van der Waals surface area contributed by atoms with Gasteiger partial charge in [0, 0.05) is 34.3 Å². The number of para-hydroxylation sites is 1. The lowest BCUT2D eigenvalue weighted by atomic mass is 10.1. The van der Waals surface area contributed by atoms with Gasteiger partial charge in [0.25, 0.3) is 0 Å².